The topological polar surface area (TPSA) is 18.5 Å². The van der Waals surface area contributed by atoms with Crippen LogP contribution in [0.1, 0.15) is 11.1 Å². The number of benzene rings is 2. The molecule has 0 radical (unpaired) electrons. The molecule has 0 bridgehead atoms. The lowest BCUT2D eigenvalue weighted by Crippen LogP contribution is -2.01. The largest absolute Gasteiger partial charge is 0.494 e. The van der Waals surface area contributed by atoms with Gasteiger partial charge in [-0.2, -0.15) is 0 Å². The van der Waals surface area contributed by atoms with Gasteiger partial charge in [0.25, 0.3) is 0 Å². The Labute approximate surface area is 120 Å². The van der Waals surface area contributed by atoms with Gasteiger partial charge in [-0.05, 0) is 23.8 Å². The molecule has 2 aromatic carbocycles. The third-order valence-electron chi connectivity index (χ3n) is 2.80. The van der Waals surface area contributed by atoms with Crippen LogP contribution in [0.3, 0.4) is 0 Å². The molecule has 0 saturated carbocycles. The van der Waals surface area contributed by atoms with E-state index in [0.717, 1.165) is 0 Å². The Morgan fingerprint density at radius 2 is 1.90 bits per heavy atom. The molecule has 2 nitrogen and oxygen atoms in total. The van der Waals surface area contributed by atoms with Crippen LogP contribution in [-0.2, 0) is 12.5 Å². The molecule has 2 rings (SSSR count). The normalized spacial score (nSPS) is 10.4. The molecule has 0 aliphatic rings. The minimum absolute atomic E-state index is 0.0566. The van der Waals surface area contributed by atoms with Gasteiger partial charge in [0.1, 0.15) is 6.61 Å². The third kappa shape index (κ3) is 3.20. The maximum absolute atomic E-state index is 13.9. The zero-order valence-electron chi connectivity index (χ0n) is 10.8. The second-order valence-electron chi connectivity index (χ2n) is 4.12. The van der Waals surface area contributed by atoms with Crippen molar-refractivity contribution in [1.82, 2.24) is 0 Å². The number of methoxy groups -OCH3 is 1. The molecule has 0 unspecified atom stereocenters. The van der Waals surface area contributed by atoms with Crippen LogP contribution in [0.25, 0.3) is 0 Å². The molecule has 0 atom stereocenters. The van der Waals surface area contributed by atoms with E-state index in [0.29, 0.717) is 11.1 Å². The maximum Gasteiger partial charge on any atom is 0.171 e. The Balaban J connectivity index is 2.13. The van der Waals surface area contributed by atoms with Crippen LogP contribution in [0, 0.1) is 11.6 Å². The lowest BCUT2D eigenvalue weighted by Gasteiger charge is -2.10. The molecule has 0 heterocycles. The quantitative estimate of drug-likeness (QED) is 0.767. The fourth-order valence-electron chi connectivity index (χ4n) is 1.73. The highest BCUT2D eigenvalue weighted by Crippen LogP contribution is 2.24. The van der Waals surface area contributed by atoms with E-state index in [9.17, 15) is 8.78 Å². The van der Waals surface area contributed by atoms with E-state index in [1.165, 1.54) is 25.3 Å². The first-order chi connectivity index (χ1) is 9.65. The van der Waals surface area contributed by atoms with E-state index in [1.54, 1.807) is 18.2 Å². The predicted octanol–water partition coefficient (Wildman–Crippen LogP) is 4.29. The number of ether oxygens (including phenoxy) is 2. The van der Waals surface area contributed by atoms with Gasteiger partial charge < -0.3 is 9.47 Å². The molecule has 0 fully saturated rings. The number of hydrogen-bond acceptors (Lipinski definition) is 2. The van der Waals surface area contributed by atoms with Gasteiger partial charge in [0.05, 0.1) is 7.11 Å². The summed E-state index contributed by atoms with van der Waals surface area (Å²) >= 11 is 5.61. The van der Waals surface area contributed by atoms with Crippen molar-refractivity contribution in [2.45, 2.75) is 12.5 Å². The van der Waals surface area contributed by atoms with Gasteiger partial charge in [-0.1, -0.05) is 18.2 Å². The highest BCUT2D eigenvalue weighted by molar-refractivity contribution is 6.17. The van der Waals surface area contributed by atoms with Crippen molar-refractivity contribution in [2.75, 3.05) is 7.11 Å². The van der Waals surface area contributed by atoms with Crippen LogP contribution in [0.15, 0.2) is 36.4 Å². The van der Waals surface area contributed by atoms with Gasteiger partial charge in [-0.3, -0.25) is 0 Å². The Kier molecular flexibility index (Phi) is 4.79. The van der Waals surface area contributed by atoms with E-state index in [-0.39, 0.29) is 24.0 Å². The highest BCUT2D eigenvalue weighted by atomic mass is 35.5. The molecule has 5 heteroatoms. The van der Waals surface area contributed by atoms with Gasteiger partial charge in [-0.15, -0.1) is 11.6 Å². The first-order valence-electron chi connectivity index (χ1n) is 5.94. The lowest BCUT2D eigenvalue weighted by molar-refractivity contribution is 0.281. The van der Waals surface area contributed by atoms with Crippen LogP contribution in [0.2, 0.25) is 0 Å². The maximum atomic E-state index is 13.9. The van der Waals surface area contributed by atoms with Crippen molar-refractivity contribution in [3.63, 3.8) is 0 Å². The smallest absolute Gasteiger partial charge is 0.171 e. The van der Waals surface area contributed by atoms with Crippen molar-refractivity contribution < 1.29 is 18.3 Å². The van der Waals surface area contributed by atoms with E-state index in [4.69, 9.17) is 21.1 Å². The summed E-state index contributed by atoms with van der Waals surface area (Å²) in [4.78, 5) is 0. The van der Waals surface area contributed by atoms with Gasteiger partial charge in [0, 0.05) is 11.4 Å². The molecule has 106 valence electrons. The van der Waals surface area contributed by atoms with E-state index in [1.807, 2.05) is 0 Å². The standard InChI is InChI=1S/C15H13ClF2O2/c1-19-14-4-2-3-11(15(14)18)9-20-13-6-5-10(8-16)7-12(13)17/h2-7H,8-9H2,1H3. The summed E-state index contributed by atoms with van der Waals surface area (Å²) in [7, 11) is 1.38. The van der Waals surface area contributed by atoms with Crippen molar-refractivity contribution in [2.24, 2.45) is 0 Å². The second-order valence-corrected chi connectivity index (χ2v) is 4.39. The average molecular weight is 299 g/mol. The van der Waals surface area contributed by atoms with Crippen LogP contribution >= 0.6 is 11.6 Å². The first kappa shape index (κ1) is 14.6. The van der Waals surface area contributed by atoms with Crippen molar-refractivity contribution in [3.05, 3.63) is 59.2 Å². The molecule has 0 saturated heterocycles. The monoisotopic (exact) mass is 298 g/mol. The molecule has 20 heavy (non-hydrogen) atoms. The summed E-state index contributed by atoms with van der Waals surface area (Å²) in [6, 6.07) is 9.15. The van der Waals surface area contributed by atoms with E-state index in [2.05, 4.69) is 0 Å². The minimum atomic E-state index is -0.522. The highest BCUT2D eigenvalue weighted by Gasteiger charge is 2.10. The summed E-state index contributed by atoms with van der Waals surface area (Å²) in [5.74, 6) is -0.619. The Morgan fingerprint density at radius 3 is 2.55 bits per heavy atom. The lowest BCUT2D eigenvalue weighted by atomic mass is 10.2. The zero-order valence-corrected chi connectivity index (χ0v) is 11.6. The summed E-state index contributed by atoms with van der Waals surface area (Å²) in [6.45, 7) is -0.0832. The molecule has 0 amide bonds. The molecule has 0 aromatic heterocycles. The molecule has 0 N–H and O–H groups in total. The molecular weight excluding hydrogens is 286 g/mol. The number of halogens is 3. The van der Waals surface area contributed by atoms with E-state index < -0.39 is 11.6 Å². The summed E-state index contributed by atoms with van der Waals surface area (Å²) < 4.78 is 37.7. The van der Waals surface area contributed by atoms with Gasteiger partial charge in [-0.25, -0.2) is 8.78 Å². The number of alkyl halides is 1. The zero-order chi connectivity index (χ0) is 14.5. The molecule has 0 aliphatic heterocycles. The summed E-state index contributed by atoms with van der Waals surface area (Å²) in [5, 5.41) is 0. The molecule has 0 spiro atoms. The van der Waals surface area contributed by atoms with Gasteiger partial charge in [0.15, 0.2) is 23.1 Å². The first-order valence-corrected chi connectivity index (χ1v) is 6.47. The van der Waals surface area contributed by atoms with Crippen molar-refractivity contribution in [1.29, 1.82) is 0 Å². The average Bonchev–Trinajstić information content (AvgIpc) is 2.47. The molecule has 2 aromatic rings. The van der Waals surface area contributed by atoms with Crippen molar-refractivity contribution >= 4 is 11.6 Å². The predicted molar refractivity (Wildman–Crippen MR) is 73.2 cm³/mol. The van der Waals surface area contributed by atoms with Crippen molar-refractivity contribution in [3.8, 4) is 11.5 Å². The van der Waals surface area contributed by atoms with Gasteiger partial charge in [0.2, 0.25) is 0 Å². The second kappa shape index (κ2) is 6.57. The summed E-state index contributed by atoms with van der Waals surface area (Å²) in [6.07, 6.45) is 0. The van der Waals surface area contributed by atoms with Gasteiger partial charge >= 0.3 is 0 Å². The Hall–Kier alpha value is -1.81. The van der Waals surface area contributed by atoms with Crippen LogP contribution in [0.4, 0.5) is 8.78 Å². The Bertz CT molecular complexity index is 602. The van der Waals surface area contributed by atoms with E-state index >= 15 is 0 Å². The van der Waals surface area contributed by atoms with Crippen LogP contribution in [-0.4, -0.2) is 7.11 Å². The fourth-order valence-corrected chi connectivity index (χ4v) is 1.89. The Morgan fingerprint density at radius 1 is 1.10 bits per heavy atom. The molecular formula is C15H13ClF2O2. The number of rotatable bonds is 5. The SMILES string of the molecule is COc1cccc(COc2ccc(CCl)cc2F)c1F. The minimum Gasteiger partial charge on any atom is -0.494 e. The summed E-state index contributed by atoms with van der Waals surface area (Å²) in [5.41, 5.74) is 0.953. The molecule has 0 aliphatic carbocycles. The van der Waals surface area contributed by atoms with Crippen LogP contribution < -0.4 is 9.47 Å². The number of hydrogen-bond donors (Lipinski definition) is 0. The third-order valence-corrected chi connectivity index (χ3v) is 3.11. The fraction of sp³-hybridized carbons (Fsp3) is 0.200. The van der Waals surface area contributed by atoms with Crippen LogP contribution in [0.5, 0.6) is 11.5 Å².